The van der Waals surface area contributed by atoms with Gasteiger partial charge in [0, 0.05) is 19.6 Å². The summed E-state index contributed by atoms with van der Waals surface area (Å²) in [5.41, 5.74) is 2.21. The second-order valence-electron chi connectivity index (χ2n) is 6.61. The minimum absolute atomic E-state index is 0.267. The minimum Gasteiger partial charge on any atom is -0.493 e. The molecule has 0 unspecified atom stereocenters. The molecule has 0 fully saturated rings. The summed E-state index contributed by atoms with van der Waals surface area (Å²) >= 11 is 0. The van der Waals surface area contributed by atoms with E-state index in [2.05, 4.69) is 4.90 Å². The van der Waals surface area contributed by atoms with E-state index < -0.39 is 0 Å². The van der Waals surface area contributed by atoms with Gasteiger partial charge < -0.3 is 24.1 Å². The summed E-state index contributed by atoms with van der Waals surface area (Å²) in [6.45, 7) is 4.22. The maximum Gasteiger partial charge on any atom is 0.231 e. The average molecular weight is 373 g/mol. The Balaban J connectivity index is 1.77. The molecule has 0 saturated carbocycles. The van der Waals surface area contributed by atoms with Crippen molar-refractivity contribution in [1.82, 2.24) is 4.90 Å². The number of hydrogen-bond acceptors (Lipinski definition) is 6. The van der Waals surface area contributed by atoms with Gasteiger partial charge in [-0.05, 0) is 41.8 Å². The Labute approximate surface area is 160 Å². The van der Waals surface area contributed by atoms with Crippen molar-refractivity contribution >= 4 is 0 Å². The summed E-state index contributed by atoms with van der Waals surface area (Å²) in [5, 5.41) is 10.2. The highest BCUT2D eigenvalue weighted by Gasteiger charge is 2.17. The zero-order chi connectivity index (χ0) is 19.2. The number of aliphatic hydroxyl groups is 1. The van der Waals surface area contributed by atoms with Gasteiger partial charge in [-0.3, -0.25) is 4.90 Å². The third-order valence-corrected chi connectivity index (χ3v) is 4.64. The van der Waals surface area contributed by atoms with Gasteiger partial charge in [0.15, 0.2) is 23.0 Å². The molecule has 2 aromatic carbocycles. The maximum atomic E-state index is 10.2. The highest BCUT2D eigenvalue weighted by molar-refractivity contribution is 5.45. The summed E-state index contributed by atoms with van der Waals surface area (Å²) in [5.74, 6) is 2.96. The first-order valence-corrected chi connectivity index (χ1v) is 9.12. The van der Waals surface area contributed by atoms with Crippen molar-refractivity contribution in [3.63, 3.8) is 0 Å². The smallest absolute Gasteiger partial charge is 0.231 e. The van der Waals surface area contributed by atoms with Crippen molar-refractivity contribution in [2.24, 2.45) is 0 Å². The number of rotatable bonds is 9. The normalized spacial score (nSPS) is 13.7. The Hall–Kier alpha value is -2.44. The van der Waals surface area contributed by atoms with Crippen LogP contribution in [0.25, 0.3) is 0 Å². The Kier molecular flexibility index (Phi) is 6.42. The van der Waals surface area contributed by atoms with Crippen LogP contribution in [0.2, 0.25) is 0 Å². The van der Waals surface area contributed by atoms with E-state index in [0.717, 1.165) is 22.6 Å². The molecular formula is C21H27NO5. The van der Waals surface area contributed by atoms with Gasteiger partial charge in [-0.2, -0.15) is 0 Å². The molecule has 0 aromatic heterocycles. The molecule has 1 N–H and O–H groups in total. The Bertz CT molecular complexity index is 764. The van der Waals surface area contributed by atoms with Gasteiger partial charge in [0.2, 0.25) is 6.79 Å². The molecule has 0 radical (unpaired) electrons. The van der Waals surface area contributed by atoms with Crippen molar-refractivity contribution in [2.75, 3.05) is 27.6 Å². The van der Waals surface area contributed by atoms with Crippen LogP contribution >= 0.6 is 0 Å². The lowest BCUT2D eigenvalue weighted by Gasteiger charge is -2.25. The third kappa shape index (κ3) is 4.84. The molecular weight excluding hydrogens is 346 g/mol. The molecule has 1 aliphatic heterocycles. The second kappa shape index (κ2) is 8.97. The van der Waals surface area contributed by atoms with Gasteiger partial charge in [0.25, 0.3) is 0 Å². The monoisotopic (exact) mass is 373 g/mol. The second-order valence-corrected chi connectivity index (χ2v) is 6.61. The van der Waals surface area contributed by atoms with Crippen LogP contribution in [0, 0.1) is 0 Å². The molecule has 2 aromatic rings. The number of ether oxygens (including phenoxy) is 4. The van der Waals surface area contributed by atoms with Gasteiger partial charge in [-0.1, -0.05) is 19.1 Å². The van der Waals surface area contributed by atoms with Gasteiger partial charge in [-0.25, -0.2) is 0 Å². The molecule has 6 nitrogen and oxygen atoms in total. The van der Waals surface area contributed by atoms with Crippen molar-refractivity contribution < 1.29 is 24.1 Å². The topological polar surface area (TPSA) is 60.4 Å². The molecule has 0 spiro atoms. The van der Waals surface area contributed by atoms with Crippen LogP contribution in [0.3, 0.4) is 0 Å². The molecule has 0 saturated heterocycles. The van der Waals surface area contributed by atoms with Crippen LogP contribution in [0.15, 0.2) is 36.4 Å². The van der Waals surface area contributed by atoms with Crippen LogP contribution in [-0.2, 0) is 13.1 Å². The number of aliphatic hydroxyl groups excluding tert-OH is 1. The zero-order valence-corrected chi connectivity index (χ0v) is 16.1. The van der Waals surface area contributed by atoms with Gasteiger partial charge in [0.1, 0.15) is 0 Å². The number of methoxy groups -OCH3 is 2. The molecule has 146 valence electrons. The number of benzene rings is 2. The first-order chi connectivity index (χ1) is 13.1. The fourth-order valence-corrected chi connectivity index (χ4v) is 3.15. The summed E-state index contributed by atoms with van der Waals surface area (Å²) in [6, 6.07) is 11.9. The summed E-state index contributed by atoms with van der Waals surface area (Å²) in [7, 11) is 3.26. The van der Waals surface area contributed by atoms with Crippen molar-refractivity contribution in [3.8, 4) is 23.0 Å². The first-order valence-electron chi connectivity index (χ1n) is 9.12. The van der Waals surface area contributed by atoms with E-state index in [0.29, 0.717) is 37.6 Å². The zero-order valence-electron chi connectivity index (χ0n) is 16.1. The van der Waals surface area contributed by atoms with E-state index >= 15 is 0 Å². The largest absolute Gasteiger partial charge is 0.493 e. The van der Waals surface area contributed by atoms with Gasteiger partial charge in [0.05, 0.1) is 20.3 Å². The predicted molar refractivity (Wildman–Crippen MR) is 103 cm³/mol. The molecule has 3 rings (SSSR count). The summed E-state index contributed by atoms with van der Waals surface area (Å²) < 4.78 is 21.6. The lowest BCUT2D eigenvalue weighted by molar-refractivity contribution is 0.101. The number of fused-ring (bicyclic) bond motifs is 1. The molecule has 1 aliphatic rings. The van der Waals surface area contributed by atoms with Crippen molar-refractivity contribution in [2.45, 2.75) is 32.5 Å². The lowest BCUT2D eigenvalue weighted by Crippen LogP contribution is -2.31. The Morgan fingerprint density at radius 2 is 1.63 bits per heavy atom. The van der Waals surface area contributed by atoms with Crippen LogP contribution in [-0.4, -0.2) is 43.7 Å². The maximum absolute atomic E-state index is 10.2. The van der Waals surface area contributed by atoms with Crippen LogP contribution in [0.1, 0.15) is 24.5 Å². The molecule has 27 heavy (non-hydrogen) atoms. The first kappa shape index (κ1) is 19.3. The molecule has 1 heterocycles. The minimum atomic E-state index is -0.376. The van der Waals surface area contributed by atoms with Crippen LogP contribution in [0.5, 0.6) is 23.0 Å². The lowest BCUT2D eigenvalue weighted by atomic mass is 10.1. The highest BCUT2D eigenvalue weighted by Crippen LogP contribution is 2.33. The van der Waals surface area contributed by atoms with E-state index in [1.54, 1.807) is 14.2 Å². The molecule has 0 amide bonds. The highest BCUT2D eigenvalue weighted by atomic mass is 16.7. The van der Waals surface area contributed by atoms with E-state index in [-0.39, 0.29) is 12.9 Å². The van der Waals surface area contributed by atoms with Crippen LogP contribution < -0.4 is 18.9 Å². The Morgan fingerprint density at radius 3 is 2.33 bits per heavy atom. The van der Waals surface area contributed by atoms with Crippen LogP contribution in [0.4, 0.5) is 0 Å². The van der Waals surface area contributed by atoms with Gasteiger partial charge in [-0.15, -0.1) is 0 Å². The van der Waals surface area contributed by atoms with E-state index in [1.165, 1.54) is 0 Å². The fraction of sp³-hybridized carbons (Fsp3) is 0.429. The third-order valence-electron chi connectivity index (χ3n) is 4.64. The molecule has 0 bridgehead atoms. The summed E-state index contributed by atoms with van der Waals surface area (Å²) in [4.78, 5) is 2.22. The van der Waals surface area contributed by atoms with E-state index in [1.807, 2.05) is 43.3 Å². The fourth-order valence-electron chi connectivity index (χ4n) is 3.15. The quantitative estimate of drug-likeness (QED) is 0.728. The Morgan fingerprint density at radius 1 is 0.963 bits per heavy atom. The molecule has 1 atom stereocenters. The SMILES string of the molecule is CC[C@@H](O)CN(Cc1ccc(OC)c(OC)c1)Cc1ccc2c(c1)OCO2. The standard InChI is InChI=1S/C21H27NO5/c1-4-17(23)13-22(11-15-5-7-18(24-2)20(9-15)25-3)12-16-6-8-19-21(10-16)27-14-26-19/h5-10,17,23H,4,11-14H2,1-3H3/t17-/m1/s1. The van der Waals surface area contributed by atoms with Crippen molar-refractivity contribution in [1.29, 1.82) is 0 Å². The summed E-state index contributed by atoms with van der Waals surface area (Å²) in [6.07, 6.45) is 0.336. The average Bonchev–Trinajstić information content (AvgIpc) is 3.15. The number of nitrogens with zero attached hydrogens (tertiary/aromatic N) is 1. The van der Waals surface area contributed by atoms with Crippen molar-refractivity contribution in [3.05, 3.63) is 47.5 Å². The molecule has 6 heteroatoms. The predicted octanol–water partition coefficient (Wildman–Crippen LogP) is 3.21. The van der Waals surface area contributed by atoms with Gasteiger partial charge >= 0.3 is 0 Å². The van der Waals surface area contributed by atoms with E-state index in [4.69, 9.17) is 18.9 Å². The number of hydrogen-bond donors (Lipinski definition) is 1. The van der Waals surface area contributed by atoms with E-state index in [9.17, 15) is 5.11 Å². The molecule has 0 aliphatic carbocycles.